The summed E-state index contributed by atoms with van der Waals surface area (Å²) in [7, 11) is -0.204. The van der Waals surface area contributed by atoms with E-state index in [1.807, 2.05) is 18.2 Å². The van der Waals surface area contributed by atoms with Crippen LogP contribution in [0.3, 0.4) is 0 Å². The van der Waals surface area contributed by atoms with Crippen molar-refractivity contribution in [2.75, 3.05) is 14.1 Å². The van der Waals surface area contributed by atoms with Crippen LogP contribution in [0.2, 0.25) is 0 Å². The Bertz CT molecular complexity index is 920. The standard InChI is InChI=1S/C19H29N5O3S.HI/c1-19(2,3)16-11-22-17(27-16)12-24-18(20-4)23-10-14-7-6-8-15(9-14)13-28(25,26)21-5;/h6-9,11,21H,10,12-13H2,1-5H3,(H2,20,23,24);1H. The fraction of sp³-hybridized carbons (Fsp3) is 0.474. The van der Waals surface area contributed by atoms with Gasteiger partial charge in [-0.1, -0.05) is 45.0 Å². The smallest absolute Gasteiger partial charge is 0.215 e. The highest BCUT2D eigenvalue weighted by Gasteiger charge is 2.19. The van der Waals surface area contributed by atoms with Gasteiger partial charge in [-0.15, -0.1) is 24.0 Å². The third-order valence-corrected chi connectivity index (χ3v) is 5.38. The van der Waals surface area contributed by atoms with Crippen LogP contribution >= 0.6 is 24.0 Å². The summed E-state index contributed by atoms with van der Waals surface area (Å²) in [6.45, 7) is 7.13. The molecule has 1 aromatic heterocycles. The second-order valence-corrected chi connectivity index (χ2v) is 9.36. The minimum Gasteiger partial charge on any atom is -0.443 e. The van der Waals surface area contributed by atoms with E-state index in [1.165, 1.54) is 7.05 Å². The van der Waals surface area contributed by atoms with Gasteiger partial charge >= 0.3 is 0 Å². The van der Waals surface area contributed by atoms with E-state index in [1.54, 1.807) is 19.3 Å². The van der Waals surface area contributed by atoms with Gasteiger partial charge in [-0.05, 0) is 18.2 Å². The molecule has 10 heteroatoms. The predicted octanol–water partition coefficient (Wildman–Crippen LogP) is 2.50. The summed E-state index contributed by atoms with van der Waals surface area (Å²) in [6, 6.07) is 7.42. The van der Waals surface area contributed by atoms with Gasteiger partial charge < -0.3 is 15.1 Å². The van der Waals surface area contributed by atoms with Gasteiger partial charge in [0.2, 0.25) is 15.9 Å². The number of guanidine groups is 1. The van der Waals surface area contributed by atoms with Crippen molar-refractivity contribution in [2.24, 2.45) is 4.99 Å². The maximum absolute atomic E-state index is 11.7. The lowest BCUT2D eigenvalue weighted by Gasteiger charge is -2.13. The Morgan fingerprint density at radius 1 is 1.17 bits per heavy atom. The van der Waals surface area contributed by atoms with Crippen LogP contribution in [0.5, 0.6) is 0 Å². The number of hydrogen-bond acceptors (Lipinski definition) is 5. The third kappa shape index (κ3) is 8.31. The van der Waals surface area contributed by atoms with Crippen molar-refractivity contribution in [3.8, 4) is 0 Å². The highest BCUT2D eigenvalue weighted by Crippen LogP contribution is 2.22. The topological polar surface area (TPSA) is 109 Å². The normalized spacial score (nSPS) is 12.4. The molecule has 29 heavy (non-hydrogen) atoms. The Kier molecular flexibility index (Phi) is 9.56. The molecule has 8 nitrogen and oxygen atoms in total. The molecule has 0 aliphatic heterocycles. The van der Waals surface area contributed by atoms with Crippen LogP contribution in [0.4, 0.5) is 0 Å². The monoisotopic (exact) mass is 535 g/mol. The molecule has 0 unspecified atom stereocenters. The maximum Gasteiger partial charge on any atom is 0.215 e. The van der Waals surface area contributed by atoms with E-state index in [2.05, 4.69) is 46.1 Å². The summed E-state index contributed by atoms with van der Waals surface area (Å²) in [5.41, 5.74) is 1.60. The first kappa shape index (κ1) is 25.4. The van der Waals surface area contributed by atoms with Crippen molar-refractivity contribution in [3.63, 3.8) is 0 Å². The zero-order valence-electron chi connectivity index (χ0n) is 17.4. The number of nitrogens with one attached hydrogen (secondary N) is 3. The number of nitrogens with zero attached hydrogens (tertiary/aromatic N) is 2. The van der Waals surface area contributed by atoms with Crippen LogP contribution in [0.25, 0.3) is 0 Å². The fourth-order valence-corrected chi connectivity index (χ4v) is 3.19. The predicted molar refractivity (Wildman–Crippen MR) is 126 cm³/mol. The molecule has 0 spiro atoms. The second kappa shape index (κ2) is 10.9. The summed E-state index contributed by atoms with van der Waals surface area (Å²) >= 11 is 0. The largest absolute Gasteiger partial charge is 0.443 e. The quantitative estimate of drug-likeness (QED) is 0.286. The highest BCUT2D eigenvalue weighted by molar-refractivity contribution is 14.0. The van der Waals surface area contributed by atoms with Crippen molar-refractivity contribution in [3.05, 3.63) is 53.2 Å². The molecule has 0 saturated heterocycles. The first-order valence-electron chi connectivity index (χ1n) is 9.01. The maximum atomic E-state index is 11.7. The molecule has 162 valence electrons. The molecule has 2 rings (SSSR count). The molecule has 0 aliphatic carbocycles. The van der Waals surface area contributed by atoms with E-state index in [4.69, 9.17) is 4.42 Å². The van der Waals surface area contributed by atoms with E-state index in [0.29, 0.717) is 24.9 Å². The van der Waals surface area contributed by atoms with Crippen molar-refractivity contribution >= 4 is 40.0 Å². The molecular weight excluding hydrogens is 505 g/mol. The number of oxazole rings is 1. The molecular formula is C19H30IN5O3S. The molecule has 0 bridgehead atoms. The highest BCUT2D eigenvalue weighted by atomic mass is 127. The van der Waals surface area contributed by atoms with E-state index in [0.717, 1.165) is 16.9 Å². The van der Waals surface area contributed by atoms with Crippen LogP contribution in [0.1, 0.15) is 43.5 Å². The minimum absolute atomic E-state index is 0. The van der Waals surface area contributed by atoms with Gasteiger partial charge in [-0.2, -0.15) is 0 Å². The first-order chi connectivity index (χ1) is 13.1. The Morgan fingerprint density at radius 3 is 2.41 bits per heavy atom. The van der Waals surface area contributed by atoms with Gasteiger partial charge in [0.05, 0.1) is 18.5 Å². The third-order valence-electron chi connectivity index (χ3n) is 4.04. The lowest BCUT2D eigenvalue weighted by atomic mass is 9.94. The first-order valence-corrected chi connectivity index (χ1v) is 10.7. The summed E-state index contributed by atoms with van der Waals surface area (Å²) in [4.78, 5) is 8.47. The Balaban J connectivity index is 0.00000420. The molecule has 0 amide bonds. The van der Waals surface area contributed by atoms with E-state index in [-0.39, 0.29) is 35.1 Å². The minimum atomic E-state index is -3.30. The number of rotatable bonds is 7. The van der Waals surface area contributed by atoms with Crippen LogP contribution in [0.15, 0.2) is 39.9 Å². The number of aliphatic imine (C=N–C) groups is 1. The Labute approximate surface area is 190 Å². The molecule has 3 N–H and O–H groups in total. The average molecular weight is 535 g/mol. The molecule has 0 saturated carbocycles. The van der Waals surface area contributed by atoms with Crippen LogP contribution < -0.4 is 15.4 Å². The zero-order chi connectivity index (χ0) is 20.8. The molecule has 1 heterocycles. The SMILES string of the molecule is CN=C(NCc1cccc(CS(=O)(=O)NC)c1)NCc1ncc(C(C)(C)C)o1.I. The summed E-state index contributed by atoms with van der Waals surface area (Å²) in [5.74, 6) is 1.97. The lowest BCUT2D eigenvalue weighted by Crippen LogP contribution is -2.36. The molecule has 1 aromatic carbocycles. The van der Waals surface area contributed by atoms with Gasteiger partial charge in [-0.25, -0.2) is 18.1 Å². The molecule has 2 aromatic rings. The summed E-state index contributed by atoms with van der Waals surface area (Å²) < 4.78 is 31.5. The lowest BCUT2D eigenvalue weighted by molar-refractivity contribution is 0.379. The Hall–Kier alpha value is -1.66. The summed E-state index contributed by atoms with van der Waals surface area (Å²) in [6.07, 6.45) is 1.75. The number of hydrogen-bond donors (Lipinski definition) is 3. The van der Waals surface area contributed by atoms with Crippen LogP contribution in [-0.2, 0) is 34.3 Å². The Morgan fingerprint density at radius 2 is 1.83 bits per heavy atom. The number of aromatic nitrogens is 1. The van der Waals surface area contributed by atoms with Crippen LogP contribution in [-0.4, -0.2) is 33.5 Å². The number of benzene rings is 1. The van der Waals surface area contributed by atoms with Crippen molar-refractivity contribution in [2.45, 2.75) is 45.0 Å². The molecule has 0 radical (unpaired) electrons. The van der Waals surface area contributed by atoms with Gasteiger partial charge in [0.15, 0.2) is 5.96 Å². The number of halogens is 1. The molecule has 0 aliphatic rings. The van der Waals surface area contributed by atoms with Gasteiger partial charge in [0.25, 0.3) is 0 Å². The van der Waals surface area contributed by atoms with E-state index < -0.39 is 10.0 Å². The fourth-order valence-electron chi connectivity index (χ4n) is 2.43. The van der Waals surface area contributed by atoms with Gasteiger partial charge in [0.1, 0.15) is 5.76 Å². The van der Waals surface area contributed by atoms with Crippen LogP contribution in [0, 0.1) is 0 Å². The zero-order valence-corrected chi connectivity index (χ0v) is 20.6. The van der Waals surface area contributed by atoms with Gasteiger partial charge in [0, 0.05) is 19.0 Å². The van der Waals surface area contributed by atoms with Crippen molar-refractivity contribution < 1.29 is 12.8 Å². The van der Waals surface area contributed by atoms with Crippen molar-refractivity contribution in [1.29, 1.82) is 0 Å². The van der Waals surface area contributed by atoms with Gasteiger partial charge in [-0.3, -0.25) is 4.99 Å². The van der Waals surface area contributed by atoms with E-state index >= 15 is 0 Å². The molecule has 0 fully saturated rings. The molecule has 0 atom stereocenters. The second-order valence-electron chi connectivity index (χ2n) is 7.43. The average Bonchev–Trinajstić information content (AvgIpc) is 3.11. The summed E-state index contributed by atoms with van der Waals surface area (Å²) in [5, 5.41) is 6.36. The number of sulfonamides is 1. The van der Waals surface area contributed by atoms with Crippen molar-refractivity contribution in [1.82, 2.24) is 20.3 Å². The van der Waals surface area contributed by atoms with E-state index in [9.17, 15) is 8.42 Å².